The van der Waals surface area contributed by atoms with Gasteiger partial charge in [0.05, 0.1) is 0 Å². The zero-order chi connectivity index (χ0) is 12.1. The number of hydrogen-bond acceptors (Lipinski definition) is 2. The molecular formula is C14H20NiO2. The largest absolute Gasteiger partial charge is 2.00 e. The summed E-state index contributed by atoms with van der Waals surface area (Å²) in [5, 5.41) is 23.1. The van der Waals surface area contributed by atoms with E-state index in [1.165, 1.54) is 18.9 Å². The summed E-state index contributed by atoms with van der Waals surface area (Å²) in [6, 6.07) is 1.53. The maximum atomic E-state index is 11.6. The van der Waals surface area contributed by atoms with Crippen LogP contribution in [0.4, 0.5) is 0 Å². The summed E-state index contributed by atoms with van der Waals surface area (Å²) in [6.07, 6.45) is 5.01. The van der Waals surface area contributed by atoms with E-state index in [1.54, 1.807) is 0 Å². The van der Waals surface area contributed by atoms with Crippen molar-refractivity contribution in [1.29, 1.82) is 0 Å². The third kappa shape index (κ3) is 3.92. The van der Waals surface area contributed by atoms with E-state index in [0.717, 1.165) is 24.0 Å². The molecule has 0 saturated heterocycles. The van der Waals surface area contributed by atoms with Crippen molar-refractivity contribution >= 4 is 0 Å². The Morgan fingerprint density at radius 3 is 2.29 bits per heavy atom. The van der Waals surface area contributed by atoms with Gasteiger partial charge in [0.25, 0.3) is 0 Å². The Labute approximate surface area is 114 Å². The van der Waals surface area contributed by atoms with E-state index in [1.807, 2.05) is 13.8 Å². The molecule has 0 bridgehead atoms. The van der Waals surface area contributed by atoms with Crippen molar-refractivity contribution in [2.24, 2.45) is 0 Å². The maximum absolute atomic E-state index is 11.6. The first-order chi connectivity index (χ1) is 7.61. The summed E-state index contributed by atoms with van der Waals surface area (Å²) in [6.45, 7) is 6.05. The summed E-state index contributed by atoms with van der Waals surface area (Å²) < 4.78 is 0. The molecule has 0 aliphatic rings. The molecule has 2 nitrogen and oxygen atoms in total. The van der Waals surface area contributed by atoms with Crippen molar-refractivity contribution in [1.82, 2.24) is 0 Å². The van der Waals surface area contributed by atoms with Crippen molar-refractivity contribution in [3.63, 3.8) is 0 Å². The van der Waals surface area contributed by atoms with Crippen LogP contribution in [0.5, 0.6) is 11.5 Å². The Hall–Kier alpha value is -0.686. The van der Waals surface area contributed by atoms with Gasteiger partial charge in [-0.1, -0.05) is 38.3 Å². The standard InChI is InChI=1S/C14H22O2.Ni/c1-4-6-7-8-11-9-13(15)14(16)12(5-2)10(11)3;/h9,15-16H,4-8H2,1-3H3;/q;+2/p-2. The maximum Gasteiger partial charge on any atom is 2.00 e. The van der Waals surface area contributed by atoms with Crippen LogP contribution in [0.25, 0.3) is 0 Å². The fraction of sp³-hybridized carbons (Fsp3) is 0.571. The molecule has 0 radical (unpaired) electrons. The predicted octanol–water partition coefficient (Wildman–Crippen LogP) is 2.43. The molecule has 0 spiro atoms. The molecular weight excluding hydrogens is 259 g/mol. The predicted molar refractivity (Wildman–Crippen MR) is 62.7 cm³/mol. The summed E-state index contributed by atoms with van der Waals surface area (Å²) in [7, 11) is 0. The third-order valence-corrected chi connectivity index (χ3v) is 3.14. The summed E-state index contributed by atoms with van der Waals surface area (Å²) in [5.41, 5.74) is 2.80. The Morgan fingerprint density at radius 2 is 1.76 bits per heavy atom. The van der Waals surface area contributed by atoms with Crippen molar-refractivity contribution in [2.75, 3.05) is 0 Å². The van der Waals surface area contributed by atoms with Gasteiger partial charge in [-0.25, -0.2) is 0 Å². The van der Waals surface area contributed by atoms with Gasteiger partial charge in [0.2, 0.25) is 0 Å². The summed E-state index contributed by atoms with van der Waals surface area (Å²) >= 11 is 0. The molecule has 1 rings (SSSR count). The number of hydrogen-bond donors (Lipinski definition) is 0. The smallest absolute Gasteiger partial charge is 0.873 e. The SMILES string of the molecule is CCCCCc1cc([O-])c([O-])c(CC)c1C.[Ni+2]. The first-order valence-electron chi connectivity index (χ1n) is 6.11. The van der Waals surface area contributed by atoms with Crippen LogP contribution in [0.2, 0.25) is 0 Å². The van der Waals surface area contributed by atoms with Crippen LogP contribution in [0, 0.1) is 6.92 Å². The van der Waals surface area contributed by atoms with Gasteiger partial charge in [-0.15, -0.1) is 11.5 Å². The van der Waals surface area contributed by atoms with E-state index in [4.69, 9.17) is 0 Å². The van der Waals surface area contributed by atoms with Gasteiger partial charge >= 0.3 is 16.5 Å². The van der Waals surface area contributed by atoms with Crippen molar-refractivity contribution in [3.05, 3.63) is 22.8 Å². The van der Waals surface area contributed by atoms with Crippen LogP contribution in [0.3, 0.4) is 0 Å². The molecule has 0 unspecified atom stereocenters. The zero-order valence-corrected chi connectivity index (χ0v) is 11.7. The second-order valence-corrected chi connectivity index (χ2v) is 4.28. The summed E-state index contributed by atoms with van der Waals surface area (Å²) in [4.78, 5) is 0. The van der Waals surface area contributed by atoms with Gasteiger partial charge in [-0.3, -0.25) is 0 Å². The second-order valence-electron chi connectivity index (χ2n) is 4.28. The molecule has 0 saturated carbocycles. The van der Waals surface area contributed by atoms with E-state index in [9.17, 15) is 10.2 Å². The Balaban J connectivity index is 0.00000256. The van der Waals surface area contributed by atoms with Gasteiger partial charge < -0.3 is 10.2 Å². The van der Waals surface area contributed by atoms with Crippen LogP contribution < -0.4 is 10.2 Å². The van der Waals surface area contributed by atoms with Crippen molar-refractivity contribution in [2.45, 2.75) is 52.9 Å². The van der Waals surface area contributed by atoms with Crippen molar-refractivity contribution < 1.29 is 26.7 Å². The topological polar surface area (TPSA) is 46.1 Å². The third-order valence-electron chi connectivity index (χ3n) is 3.14. The average Bonchev–Trinajstić information content (AvgIpc) is 2.26. The van der Waals surface area contributed by atoms with E-state index in [0.29, 0.717) is 12.0 Å². The van der Waals surface area contributed by atoms with E-state index >= 15 is 0 Å². The fourth-order valence-electron chi connectivity index (χ4n) is 2.10. The molecule has 0 amide bonds. The molecule has 0 heterocycles. The minimum absolute atomic E-state index is 0. The van der Waals surface area contributed by atoms with Crippen LogP contribution >= 0.6 is 0 Å². The van der Waals surface area contributed by atoms with Gasteiger partial charge in [0.1, 0.15) is 0 Å². The van der Waals surface area contributed by atoms with Crippen molar-refractivity contribution in [3.8, 4) is 11.5 Å². The van der Waals surface area contributed by atoms with Gasteiger partial charge in [0.15, 0.2) is 0 Å². The van der Waals surface area contributed by atoms with E-state index in [2.05, 4.69) is 6.92 Å². The first-order valence-corrected chi connectivity index (χ1v) is 6.11. The number of unbranched alkanes of at least 4 members (excludes halogenated alkanes) is 2. The van der Waals surface area contributed by atoms with Crippen LogP contribution in [-0.2, 0) is 29.3 Å². The molecule has 1 aromatic rings. The zero-order valence-electron chi connectivity index (χ0n) is 10.7. The number of aryl methyl sites for hydroxylation is 1. The van der Waals surface area contributed by atoms with Crippen LogP contribution in [-0.4, -0.2) is 0 Å². The molecule has 0 aromatic heterocycles. The van der Waals surface area contributed by atoms with Crippen LogP contribution in [0.1, 0.15) is 49.8 Å². The first kappa shape index (κ1) is 16.3. The average molecular weight is 279 g/mol. The molecule has 0 N–H and O–H groups in total. The molecule has 0 aliphatic carbocycles. The van der Waals surface area contributed by atoms with E-state index in [-0.39, 0.29) is 28.0 Å². The minimum Gasteiger partial charge on any atom is -0.873 e. The molecule has 0 fully saturated rings. The summed E-state index contributed by atoms with van der Waals surface area (Å²) in [5.74, 6) is -0.645. The van der Waals surface area contributed by atoms with Gasteiger partial charge in [0, 0.05) is 0 Å². The normalized spacial score (nSPS) is 10.1. The number of benzene rings is 1. The second kappa shape index (κ2) is 7.60. The monoisotopic (exact) mass is 278 g/mol. The number of rotatable bonds is 5. The Kier molecular flexibility index (Phi) is 7.30. The minimum atomic E-state index is -0.339. The van der Waals surface area contributed by atoms with Crippen LogP contribution in [0.15, 0.2) is 6.07 Å². The molecule has 0 atom stereocenters. The molecule has 3 heteroatoms. The van der Waals surface area contributed by atoms with E-state index < -0.39 is 0 Å². The molecule has 1 aromatic carbocycles. The molecule has 0 aliphatic heterocycles. The Bertz CT molecular complexity index is 362. The fourth-order valence-corrected chi connectivity index (χ4v) is 2.10. The quantitative estimate of drug-likeness (QED) is 0.613. The Morgan fingerprint density at radius 1 is 1.12 bits per heavy atom. The molecule has 17 heavy (non-hydrogen) atoms. The van der Waals surface area contributed by atoms with Gasteiger partial charge in [-0.2, -0.15) is 0 Å². The van der Waals surface area contributed by atoms with Gasteiger partial charge in [-0.05, 0) is 37.3 Å². The molecule has 98 valence electrons.